The first kappa shape index (κ1) is 28.8. The quantitative estimate of drug-likeness (QED) is 0.121. The molecule has 1 aromatic carbocycles. The fourth-order valence-corrected chi connectivity index (χ4v) is 4.07. The number of carbonyl (C=O) groups is 2. The van der Waals surface area contributed by atoms with E-state index in [0.29, 0.717) is 5.56 Å². The normalized spacial score (nSPS) is 11.6. The Hall–Kier alpha value is -2.47. The lowest BCUT2D eigenvalue weighted by molar-refractivity contribution is 0.0635. The Kier molecular flexibility index (Phi) is 10.3. The highest BCUT2D eigenvalue weighted by atomic mass is 127. The molecule has 0 spiro atoms. The zero-order chi connectivity index (χ0) is 26.3. The monoisotopic (exact) mass is 624 g/mol. The van der Waals surface area contributed by atoms with Crippen LogP contribution in [0.15, 0.2) is 18.2 Å². The first-order chi connectivity index (χ1) is 16.4. The van der Waals surface area contributed by atoms with Gasteiger partial charge in [0.05, 0.1) is 18.0 Å². The predicted molar refractivity (Wildman–Crippen MR) is 139 cm³/mol. The van der Waals surface area contributed by atoms with Gasteiger partial charge in [-0.3, -0.25) is 10.1 Å². The number of ether oxygens (including phenoxy) is 2. The highest BCUT2D eigenvalue weighted by Gasteiger charge is 2.26. The third-order valence-electron chi connectivity index (χ3n) is 4.35. The lowest BCUT2D eigenvalue weighted by Gasteiger charge is -2.21. The number of pyridine rings is 1. The molecule has 0 aliphatic heterocycles. The number of carbonyl (C=O) groups excluding carboxylic acids is 2. The first-order valence-electron chi connectivity index (χ1n) is 10.3. The second-order valence-electron chi connectivity index (χ2n) is 8.24. The second-order valence-corrected chi connectivity index (χ2v) is 10.3. The van der Waals surface area contributed by atoms with E-state index in [1.165, 1.54) is 12.1 Å². The van der Waals surface area contributed by atoms with Gasteiger partial charge in [0.2, 0.25) is 18.1 Å². The van der Waals surface area contributed by atoms with Crippen molar-refractivity contribution in [2.75, 3.05) is 17.0 Å². The summed E-state index contributed by atoms with van der Waals surface area (Å²) in [6, 6.07) is 3.69. The van der Waals surface area contributed by atoms with Crippen LogP contribution in [0.1, 0.15) is 54.4 Å². The number of alkyl halides is 2. The van der Waals surface area contributed by atoms with Gasteiger partial charge in [0.25, 0.3) is 0 Å². The number of ketones is 1. The smallest absolute Gasteiger partial charge is 0.412 e. The van der Waals surface area contributed by atoms with Crippen LogP contribution in [-0.4, -0.2) is 41.7 Å². The summed E-state index contributed by atoms with van der Waals surface area (Å²) in [4.78, 5) is 30.1. The topological polar surface area (TPSA) is 113 Å². The van der Waals surface area contributed by atoms with Crippen molar-refractivity contribution < 1.29 is 32.2 Å². The molecule has 1 aromatic heterocycles. The molecule has 1 heterocycles. The van der Waals surface area contributed by atoms with Gasteiger partial charge >= 0.3 is 6.09 Å². The number of halogens is 4. The second kappa shape index (κ2) is 12.5. The van der Waals surface area contributed by atoms with E-state index in [4.69, 9.17) is 14.9 Å². The highest BCUT2D eigenvalue weighted by molar-refractivity contribution is 14.2. The molecule has 0 saturated heterocycles. The number of rotatable bonds is 10. The minimum Gasteiger partial charge on any atom is -0.477 e. The number of aryl methyl sites for hydroxylation is 1. The van der Waals surface area contributed by atoms with Gasteiger partial charge in [0.15, 0.2) is 0 Å². The lowest BCUT2D eigenvalue weighted by atomic mass is 9.98. The van der Waals surface area contributed by atoms with Crippen molar-refractivity contribution in [3.8, 4) is 5.88 Å². The first-order valence-corrected chi connectivity index (χ1v) is 14.4. The number of aromatic nitrogens is 1. The van der Waals surface area contributed by atoms with Crippen LogP contribution in [0.2, 0.25) is 0 Å². The summed E-state index contributed by atoms with van der Waals surface area (Å²) in [6.45, 7) is 6.23. The number of nitrogens with zero attached hydrogens (tertiary/aromatic N) is 1. The molecule has 1 unspecified atom stereocenters. The van der Waals surface area contributed by atoms with Crippen LogP contribution in [0, 0.1) is 18.2 Å². The molecular weight excluding hydrogens is 599 g/mol. The summed E-state index contributed by atoms with van der Waals surface area (Å²) >= 11 is 1.98. The number of benzene rings is 1. The van der Waals surface area contributed by atoms with Gasteiger partial charge in [-0.1, -0.05) is 0 Å². The molecule has 0 aliphatic rings. The largest absolute Gasteiger partial charge is 0.477 e. The Morgan fingerprint density at radius 2 is 2.00 bits per heavy atom. The number of amides is 1. The van der Waals surface area contributed by atoms with E-state index < -0.39 is 36.1 Å². The fourth-order valence-electron chi connectivity index (χ4n) is 2.91. The van der Waals surface area contributed by atoms with Gasteiger partial charge in [0.1, 0.15) is 17.1 Å². The van der Waals surface area contributed by atoms with Crippen LogP contribution in [0.25, 0.3) is 0 Å². The van der Waals surface area contributed by atoms with Crippen LogP contribution < -0.4 is 15.1 Å². The maximum Gasteiger partial charge on any atom is 0.412 e. The van der Waals surface area contributed by atoms with Crippen LogP contribution in [0.5, 0.6) is 5.88 Å². The summed E-state index contributed by atoms with van der Waals surface area (Å²) in [5.74, 6) is -1.47. The molecule has 1 amide bonds. The van der Waals surface area contributed by atoms with Crippen molar-refractivity contribution >= 4 is 57.9 Å². The number of hydrogen-bond donors (Lipinski definition) is 3. The van der Waals surface area contributed by atoms with Gasteiger partial charge in [-0.15, -0.1) is 0 Å². The van der Waals surface area contributed by atoms with Gasteiger partial charge in [0, 0.05) is 35.7 Å². The molecule has 8 nitrogen and oxygen atoms in total. The van der Waals surface area contributed by atoms with Gasteiger partial charge in [-0.05, 0) is 67.9 Å². The fraction of sp³-hybridized carbons (Fsp3) is 0.364. The van der Waals surface area contributed by atoms with Gasteiger partial charge in [-0.2, -0.15) is 0 Å². The maximum atomic E-state index is 14.4. The zero-order valence-corrected chi connectivity index (χ0v) is 22.6. The molecule has 2 aromatic rings. The maximum absolute atomic E-state index is 14.4. The average Bonchev–Trinajstić information content (AvgIpc) is 2.74. The van der Waals surface area contributed by atoms with Crippen LogP contribution >= 0.6 is 28.4 Å². The van der Waals surface area contributed by atoms with E-state index in [9.17, 15) is 22.8 Å². The lowest BCUT2D eigenvalue weighted by Crippen LogP contribution is -2.28. The third-order valence-corrected chi connectivity index (χ3v) is 5.50. The van der Waals surface area contributed by atoms with Crippen LogP contribution in [-0.2, 0) is 4.74 Å². The zero-order valence-electron chi connectivity index (χ0n) is 19.4. The Bertz CT molecular complexity index is 1110. The average molecular weight is 624 g/mol. The van der Waals surface area contributed by atoms with E-state index in [-0.39, 0.29) is 47.1 Å². The standard InChI is InChI=1S/C22H25F3IN4O4P/c1-11-9-15(28-21(32)34-22(2,3)4)18(29-20(11)33-8-7-16(24)25)19(31)12-5-6-14(23)17(30-35-26)13(12)10-27/h5-6,9-10,16,27,30,35H,7-8H2,1-4H3,(H,28,32). The number of anilines is 2. The summed E-state index contributed by atoms with van der Waals surface area (Å²) in [5.41, 5.74) is -0.840. The van der Waals surface area contributed by atoms with E-state index in [2.05, 4.69) is 15.4 Å². The van der Waals surface area contributed by atoms with Crippen molar-refractivity contribution in [2.24, 2.45) is 0 Å². The van der Waals surface area contributed by atoms with Crippen molar-refractivity contribution in [3.05, 3.63) is 46.4 Å². The van der Waals surface area contributed by atoms with E-state index in [1.807, 2.05) is 22.0 Å². The summed E-state index contributed by atoms with van der Waals surface area (Å²) in [7, 11) is 0. The summed E-state index contributed by atoms with van der Waals surface area (Å²) < 4.78 is 50.1. The number of hydrogen-bond acceptors (Lipinski definition) is 7. The third kappa shape index (κ3) is 8.03. The number of nitrogens with one attached hydrogen (secondary N) is 3. The Morgan fingerprint density at radius 3 is 2.57 bits per heavy atom. The molecule has 0 fully saturated rings. The molecule has 2 rings (SSSR count). The Labute approximate surface area is 215 Å². The van der Waals surface area contributed by atoms with Crippen molar-refractivity contribution in [2.45, 2.75) is 46.1 Å². The van der Waals surface area contributed by atoms with Gasteiger partial charge in [-0.25, -0.2) is 22.9 Å². The molecule has 3 N–H and O–H groups in total. The molecular formula is C22H25F3IN4O4P. The van der Waals surface area contributed by atoms with Crippen molar-refractivity contribution in [3.63, 3.8) is 0 Å². The summed E-state index contributed by atoms with van der Waals surface area (Å²) in [6.07, 6.45) is -3.06. The molecule has 1 atom stereocenters. The Morgan fingerprint density at radius 1 is 1.31 bits per heavy atom. The minimum absolute atomic E-state index is 0.00933. The highest BCUT2D eigenvalue weighted by Crippen LogP contribution is 2.33. The Balaban J connectivity index is 2.60. The van der Waals surface area contributed by atoms with Crippen LogP contribution in [0.3, 0.4) is 0 Å². The predicted octanol–water partition coefficient (Wildman–Crippen LogP) is 6.49. The van der Waals surface area contributed by atoms with E-state index >= 15 is 0 Å². The minimum atomic E-state index is -2.58. The molecule has 190 valence electrons. The van der Waals surface area contributed by atoms with Gasteiger partial charge < -0.3 is 20.0 Å². The molecule has 0 saturated carbocycles. The van der Waals surface area contributed by atoms with Crippen molar-refractivity contribution in [1.29, 1.82) is 5.41 Å². The van der Waals surface area contributed by atoms with E-state index in [1.54, 1.807) is 27.7 Å². The molecule has 0 aliphatic carbocycles. The SMILES string of the molecule is Cc1cc(NC(=O)OC(C)(C)C)c(C(=O)c2ccc(F)c(NPI)c2C=N)nc1OCCC(F)F. The molecule has 0 radical (unpaired) electrons. The molecule has 13 heteroatoms. The van der Waals surface area contributed by atoms with Crippen molar-refractivity contribution in [1.82, 2.24) is 4.98 Å². The molecule has 35 heavy (non-hydrogen) atoms. The van der Waals surface area contributed by atoms with Crippen LogP contribution in [0.4, 0.5) is 29.3 Å². The van der Waals surface area contributed by atoms with E-state index in [0.717, 1.165) is 12.3 Å². The molecule has 0 bridgehead atoms. The summed E-state index contributed by atoms with van der Waals surface area (Å²) in [5, 5.41) is 13.0.